The zero-order valence-electron chi connectivity index (χ0n) is 12.5. The molecule has 1 aromatic carbocycles. The van der Waals surface area contributed by atoms with Crippen LogP contribution in [0.15, 0.2) is 36.5 Å². The topological polar surface area (TPSA) is 38.1 Å². The molecule has 4 nitrogen and oxygen atoms in total. The molecule has 2 heterocycles. The maximum atomic E-state index is 12.0. The summed E-state index contributed by atoms with van der Waals surface area (Å²) in [7, 11) is 0. The summed E-state index contributed by atoms with van der Waals surface area (Å²) in [5, 5.41) is 4.47. The Hall–Kier alpha value is -2.10. The van der Waals surface area contributed by atoms with E-state index in [9.17, 15) is 4.79 Å². The Kier molecular flexibility index (Phi) is 4.04. The van der Waals surface area contributed by atoms with Crippen LogP contribution >= 0.6 is 0 Å². The number of para-hydroxylation sites is 1. The number of Topliss-reactive ketones (excluding diaryl/α,β-unsaturated/α-hetero) is 1. The van der Waals surface area contributed by atoms with E-state index in [2.05, 4.69) is 10.00 Å². The van der Waals surface area contributed by atoms with E-state index >= 15 is 0 Å². The summed E-state index contributed by atoms with van der Waals surface area (Å²) >= 11 is 0. The summed E-state index contributed by atoms with van der Waals surface area (Å²) in [4.78, 5) is 14.3. The highest BCUT2D eigenvalue weighted by Crippen LogP contribution is 2.27. The average molecular weight is 283 g/mol. The van der Waals surface area contributed by atoms with Crippen molar-refractivity contribution in [2.24, 2.45) is 0 Å². The van der Waals surface area contributed by atoms with E-state index in [1.165, 1.54) is 25.7 Å². The summed E-state index contributed by atoms with van der Waals surface area (Å²) in [6.07, 6.45) is 6.60. The van der Waals surface area contributed by atoms with Gasteiger partial charge in [-0.2, -0.15) is 5.10 Å². The van der Waals surface area contributed by atoms with E-state index in [0.717, 1.165) is 30.2 Å². The molecule has 110 valence electrons. The van der Waals surface area contributed by atoms with Gasteiger partial charge in [0.05, 0.1) is 17.4 Å². The highest BCUT2D eigenvalue weighted by Gasteiger charge is 2.22. The van der Waals surface area contributed by atoms with Crippen molar-refractivity contribution in [3.63, 3.8) is 0 Å². The van der Waals surface area contributed by atoms with Crippen molar-refractivity contribution in [2.45, 2.75) is 32.6 Å². The molecule has 21 heavy (non-hydrogen) atoms. The Bertz CT molecular complexity index is 610. The minimum atomic E-state index is 0.0800. The smallest absolute Gasteiger partial charge is 0.165 e. The molecule has 0 unspecified atom stereocenters. The fourth-order valence-electron chi connectivity index (χ4n) is 2.94. The van der Waals surface area contributed by atoms with Gasteiger partial charge in [0.1, 0.15) is 5.82 Å². The van der Waals surface area contributed by atoms with Gasteiger partial charge in [-0.1, -0.05) is 31.0 Å². The molecule has 1 aliphatic heterocycles. The lowest BCUT2D eigenvalue weighted by Crippen LogP contribution is -2.28. The van der Waals surface area contributed by atoms with Gasteiger partial charge in [-0.3, -0.25) is 4.79 Å². The molecule has 0 N–H and O–H groups in total. The largest absolute Gasteiger partial charge is 0.356 e. The number of aromatic nitrogens is 2. The molecule has 1 aromatic heterocycles. The number of carbonyl (C=O) groups excluding carboxylic acids is 1. The number of ketones is 1. The van der Waals surface area contributed by atoms with Crippen LogP contribution in [0.25, 0.3) is 5.69 Å². The van der Waals surface area contributed by atoms with Gasteiger partial charge in [0.2, 0.25) is 0 Å². The van der Waals surface area contributed by atoms with Crippen LogP contribution in [0.3, 0.4) is 0 Å². The minimum absolute atomic E-state index is 0.0800. The van der Waals surface area contributed by atoms with Crippen molar-refractivity contribution in [1.29, 1.82) is 0 Å². The second-order valence-corrected chi connectivity index (χ2v) is 5.59. The first-order valence-corrected chi connectivity index (χ1v) is 7.66. The predicted molar refractivity (Wildman–Crippen MR) is 84.2 cm³/mol. The molecule has 0 spiro atoms. The second kappa shape index (κ2) is 6.12. The van der Waals surface area contributed by atoms with Gasteiger partial charge in [0.15, 0.2) is 5.78 Å². The van der Waals surface area contributed by atoms with Crippen LogP contribution in [-0.2, 0) is 0 Å². The molecule has 1 fully saturated rings. The monoisotopic (exact) mass is 283 g/mol. The van der Waals surface area contributed by atoms with Gasteiger partial charge < -0.3 is 4.90 Å². The highest BCUT2D eigenvalue weighted by atomic mass is 16.1. The highest BCUT2D eigenvalue weighted by molar-refractivity contribution is 5.99. The second-order valence-electron chi connectivity index (χ2n) is 5.59. The molecular formula is C17H21N3O. The van der Waals surface area contributed by atoms with Crippen LogP contribution in [0.2, 0.25) is 0 Å². The van der Waals surface area contributed by atoms with Crippen LogP contribution in [0.1, 0.15) is 43.0 Å². The van der Waals surface area contributed by atoms with Crippen LogP contribution in [0.4, 0.5) is 5.82 Å². The third-order valence-electron chi connectivity index (χ3n) is 4.03. The summed E-state index contributed by atoms with van der Waals surface area (Å²) in [5.74, 6) is 1.03. The third-order valence-corrected chi connectivity index (χ3v) is 4.03. The zero-order valence-corrected chi connectivity index (χ0v) is 12.5. The fraction of sp³-hybridized carbons (Fsp3) is 0.412. The van der Waals surface area contributed by atoms with Crippen LogP contribution in [0, 0.1) is 0 Å². The Morgan fingerprint density at radius 2 is 1.71 bits per heavy atom. The Morgan fingerprint density at radius 3 is 2.33 bits per heavy atom. The first kappa shape index (κ1) is 13.9. The van der Waals surface area contributed by atoms with Gasteiger partial charge >= 0.3 is 0 Å². The predicted octanol–water partition coefficient (Wildman–Crippen LogP) is 3.46. The zero-order chi connectivity index (χ0) is 14.7. The van der Waals surface area contributed by atoms with E-state index < -0.39 is 0 Å². The number of benzene rings is 1. The SMILES string of the molecule is CC(=O)c1cnn(-c2ccccc2)c1N1CCCCCC1. The standard InChI is InChI=1S/C17H21N3O/c1-14(21)16-13-18-20(15-9-5-4-6-10-15)17(16)19-11-7-2-3-8-12-19/h4-6,9-10,13H,2-3,7-8,11-12H2,1H3. The van der Waals surface area contributed by atoms with E-state index in [1.54, 1.807) is 13.1 Å². The first-order valence-electron chi connectivity index (χ1n) is 7.66. The average Bonchev–Trinajstić information content (AvgIpc) is 2.77. The van der Waals surface area contributed by atoms with Crippen LogP contribution < -0.4 is 4.90 Å². The number of nitrogens with zero attached hydrogens (tertiary/aromatic N) is 3. The van der Waals surface area contributed by atoms with E-state index in [-0.39, 0.29) is 5.78 Å². The number of hydrogen-bond donors (Lipinski definition) is 0. The van der Waals surface area contributed by atoms with Crippen molar-refractivity contribution in [3.8, 4) is 5.69 Å². The Balaban J connectivity index is 2.06. The van der Waals surface area contributed by atoms with Gasteiger partial charge in [0, 0.05) is 13.1 Å². The maximum absolute atomic E-state index is 12.0. The molecule has 0 aliphatic carbocycles. The molecule has 1 saturated heterocycles. The summed E-state index contributed by atoms with van der Waals surface area (Å²) in [6.45, 7) is 3.62. The molecular weight excluding hydrogens is 262 g/mol. The van der Waals surface area contributed by atoms with Crippen molar-refractivity contribution in [1.82, 2.24) is 9.78 Å². The normalized spacial score (nSPS) is 15.8. The van der Waals surface area contributed by atoms with E-state index in [1.807, 2.05) is 35.0 Å². The first-order chi connectivity index (χ1) is 10.3. The van der Waals surface area contributed by atoms with Gasteiger partial charge in [-0.25, -0.2) is 4.68 Å². The number of anilines is 1. The lowest BCUT2D eigenvalue weighted by molar-refractivity contribution is 0.101. The lowest BCUT2D eigenvalue weighted by Gasteiger charge is -2.24. The maximum Gasteiger partial charge on any atom is 0.165 e. The van der Waals surface area contributed by atoms with E-state index in [0.29, 0.717) is 0 Å². The molecule has 1 aliphatic rings. The Labute approximate surface area is 125 Å². The molecule has 3 rings (SSSR count). The summed E-state index contributed by atoms with van der Waals surface area (Å²) in [5.41, 5.74) is 1.73. The van der Waals surface area contributed by atoms with Crippen molar-refractivity contribution < 1.29 is 4.79 Å². The molecule has 0 saturated carbocycles. The van der Waals surface area contributed by atoms with E-state index in [4.69, 9.17) is 0 Å². The quantitative estimate of drug-likeness (QED) is 0.810. The minimum Gasteiger partial charge on any atom is -0.356 e. The van der Waals surface area contributed by atoms with Crippen molar-refractivity contribution in [2.75, 3.05) is 18.0 Å². The molecule has 0 radical (unpaired) electrons. The molecule has 0 bridgehead atoms. The van der Waals surface area contributed by atoms with Gasteiger partial charge in [-0.15, -0.1) is 0 Å². The van der Waals surface area contributed by atoms with Crippen LogP contribution in [0.5, 0.6) is 0 Å². The number of rotatable bonds is 3. The summed E-state index contributed by atoms with van der Waals surface area (Å²) < 4.78 is 1.90. The molecule has 4 heteroatoms. The molecule has 2 aromatic rings. The Morgan fingerprint density at radius 1 is 1.05 bits per heavy atom. The number of hydrogen-bond acceptors (Lipinski definition) is 3. The van der Waals surface area contributed by atoms with Gasteiger partial charge in [0.25, 0.3) is 0 Å². The fourth-order valence-corrected chi connectivity index (χ4v) is 2.94. The lowest BCUT2D eigenvalue weighted by atomic mass is 10.2. The van der Waals surface area contributed by atoms with Crippen molar-refractivity contribution in [3.05, 3.63) is 42.1 Å². The van der Waals surface area contributed by atoms with Crippen molar-refractivity contribution >= 4 is 11.6 Å². The third kappa shape index (κ3) is 2.84. The molecule has 0 atom stereocenters. The van der Waals surface area contributed by atoms with Crippen LogP contribution in [-0.4, -0.2) is 28.7 Å². The molecule has 0 amide bonds. The van der Waals surface area contributed by atoms with Gasteiger partial charge in [-0.05, 0) is 31.9 Å². The number of carbonyl (C=O) groups is 1. The summed E-state index contributed by atoms with van der Waals surface area (Å²) in [6, 6.07) is 10.0.